The van der Waals surface area contributed by atoms with E-state index in [1.54, 1.807) is 55.5 Å². The Kier molecular flexibility index (Phi) is 6.78. The van der Waals surface area contributed by atoms with E-state index in [4.69, 9.17) is 14.2 Å². The van der Waals surface area contributed by atoms with Gasteiger partial charge in [0.1, 0.15) is 12.4 Å². The molecule has 1 aliphatic rings. The van der Waals surface area contributed by atoms with Gasteiger partial charge in [-0.2, -0.15) is 0 Å². The van der Waals surface area contributed by atoms with E-state index in [1.807, 2.05) is 0 Å². The highest BCUT2D eigenvalue weighted by Crippen LogP contribution is 2.31. The Morgan fingerprint density at radius 3 is 2.46 bits per heavy atom. The summed E-state index contributed by atoms with van der Waals surface area (Å²) >= 11 is 0. The fourth-order valence-corrected chi connectivity index (χ4v) is 4.72. The molecule has 1 heterocycles. The maximum atomic E-state index is 13.0. The lowest BCUT2D eigenvalue weighted by molar-refractivity contribution is -0.131. The molecule has 0 saturated carbocycles. The lowest BCUT2D eigenvalue weighted by Gasteiger charge is -2.25. The van der Waals surface area contributed by atoms with Crippen LogP contribution in [0, 0.1) is 6.92 Å². The number of sulfonamides is 1. The molecule has 4 rings (SSSR count). The third-order valence-corrected chi connectivity index (χ3v) is 6.70. The van der Waals surface area contributed by atoms with E-state index in [2.05, 4.69) is 15.6 Å². The third-order valence-electron chi connectivity index (χ3n) is 5.19. The van der Waals surface area contributed by atoms with Gasteiger partial charge in [-0.25, -0.2) is 8.42 Å². The summed E-state index contributed by atoms with van der Waals surface area (Å²) in [5, 5.41) is 0. The number of benzene rings is 3. The van der Waals surface area contributed by atoms with Crippen LogP contribution >= 0.6 is 0 Å². The Balaban J connectivity index is 1.44. The largest absolute Gasteiger partial charge is 0.495 e. The number of carbonyl (C=O) groups excluding carboxylic acids is 2. The standard InChI is InChI=1S/C24H23N3O7S/c1-15-11-12-16(13-22(15)35(30,31)27-17-7-3-4-8-18(17)32-2)23(28)25-26-24(29)21-14-33-19-9-5-6-10-20(19)34-21/h3-13,21,27H,14H2,1-2H3,(H,25,28)(H,26,29)/t21-/m0/s1. The molecule has 10 nitrogen and oxygen atoms in total. The Hall–Kier alpha value is -4.25. The summed E-state index contributed by atoms with van der Waals surface area (Å²) in [5.74, 6) is -0.0337. The zero-order chi connectivity index (χ0) is 25.0. The molecule has 0 unspecified atom stereocenters. The molecule has 0 aromatic heterocycles. The van der Waals surface area contributed by atoms with Crippen molar-refractivity contribution in [3.63, 3.8) is 0 Å². The van der Waals surface area contributed by atoms with Crippen molar-refractivity contribution in [2.24, 2.45) is 0 Å². The lowest BCUT2D eigenvalue weighted by atomic mass is 10.1. The molecule has 1 aliphatic heterocycles. The van der Waals surface area contributed by atoms with Crippen LogP contribution in [0.1, 0.15) is 15.9 Å². The molecule has 11 heteroatoms. The van der Waals surface area contributed by atoms with Crippen molar-refractivity contribution in [2.45, 2.75) is 17.9 Å². The van der Waals surface area contributed by atoms with E-state index >= 15 is 0 Å². The highest BCUT2D eigenvalue weighted by Gasteiger charge is 2.28. The number of hydrazine groups is 1. The number of para-hydroxylation sites is 4. The maximum Gasteiger partial charge on any atom is 0.283 e. The molecule has 0 spiro atoms. The van der Waals surface area contributed by atoms with Crippen molar-refractivity contribution in [3.8, 4) is 17.2 Å². The summed E-state index contributed by atoms with van der Waals surface area (Å²) in [4.78, 5) is 25.0. The van der Waals surface area contributed by atoms with E-state index in [0.717, 1.165) is 0 Å². The second kappa shape index (κ2) is 9.94. The Morgan fingerprint density at radius 2 is 1.69 bits per heavy atom. The van der Waals surface area contributed by atoms with Gasteiger partial charge in [-0.05, 0) is 48.9 Å². The minimum atomic E-state index is -4.04. The summed E-state index contributed by atoms with van der Waals surface area (Å²) in [6, 6.07) is 17.7. The summed E-state index contributed by atoms with van der Waals surface area (Å²) < 4.78 is 44.9. The van der Waals surface area contributed by atoms with Gasteiger partial charge in [0, 0.05) is 5.56 Å². The molecule has 3 N–H and O–H groups in total. The predicted molar refractivity (Wildman–Crippen MR) is 127 cm³/mol. The first-order valence-electron chi connectivity index (χ1n) is 10.5. The van der Waals surface area contributed by atoms with Crippen molar-refractivity contribution in [1.82, 2.24) is 10.9 Å². The van der Waals surface area contributed by atoms with Gasteiger partial charge in [0.2, 0.25) is 6.10 Å². The van der Waals surface area contributed by atoms with Crippen LogP contribution in [0.2, 0.25) is 0 Å². The minimum Gasteiger partial charge on any atom is -0.495 e. The number of fused-ring (bicyclic) bond motifs is 1. The number of hydrogen-bond donors (Lipinski definition) is 3. The number of anilines is 1. The number of ether oxygens (including phenoxy) is 3. The normalized spacial score (nSPS) is 14.5. The van der Waals surface area contributed by atoms with Gasteiger partial charge in [-0.1, -0.05) is 30.3 Å². The van der Waals surface area contributed by atoms with E-state index in [9.17, 15) is 18.0 Å². The van der Waals surface area contributed by atoms with Crippen LogP contribution in [-0.2, 0) is 14.8 Å². The summed E-state index contributed by atoms with van der Waals surface area (Å²) in [5.41, 5.74) is 5.28. The number of aryl methyl sites for hydroxylation is 1. The van der Waals surface area contributed by atoms with Crippen LogP contribution in [0.5, 0.6) is 17.2 Å². The predicted octanol–water partition coefficient (Wildman–Crippen LogP) is 2.41. The first-order valence-corrected chi connectivity index (χ1v) is 12.0. The highest BCUT2D eigenvalue weighted by molar-refractivity contribution is 7.92. The average molecular weight is 498 g/mol. The van der Waals surface area contributed by atoms with E-state index < -0.39 is 27.9 Å². The van der Waals surface area contributed by atoms with Gasteiger partial charge in [-0.15, -0.1) is 0 Å². The fraction of sp³-hybridized carbons (Fsp3) is 0.167. The van der Waals surface area contributed by atoms with Gasteiger partial charge in [0.05, 0.1) is 17.7 Å². The molecule has 3 aromatic carbocycles. The van der Waals surface area contributed by atoms with Crippen molar-refractivity contribution >= 4 is 27.5 Å². The van der Waals surface area contributed by atoms with Gasteiger partial charge < -0.3 is 14.2 Å². The van der Waals surface area contributed by atoms with Crippen LogP contribution in [-0.4, -0.2) is 40.1 Å². The number of nitrogens with one attached hydrogen (secondary N) is 3. The quantitative estimate of drug-likeness (QED) is 0.446. The van der Waals surface area contributed by atoms with Crippen LogP contribution in [0.15, 0.2) is 71.6 Å². The number of amides is 2. The van der Waals surface area contributed by atoms with E-state index in [1.165, 1.54) is 25.3 Å². The first kappa shape index (κ1) is 23.9. The monoisotopic (exact) mass is 497 g/mol. The zero-order valence-electron chi connectivity index (χ0n) is 18.9. The average Bonchev–Trinajstić information content (AvgIpc) is 2.87. The second-order valence-corrected chi connectivity index (χ2v) is 9.24. The number of methoxy groups -OCH3 is 1. The molecule has 0 saturated heterocycles. The molecule has 2 amide bonds. The van der Waals surface area contributed by atoms with E-state index in [0.29, 0.717) is 22.8 Å². The van der Waals surface area contributed by atoms with E-state index in [-0.39, 0.29) is 22.8 Å². The first-order chi connectivity index (χ1) is 16.8. The summed E-state index contributed by atoms with van der Waals surface area (Å²) in [6.07, 6.45) is -0.968. The van der Waals surface area contributed by atoms with Gasteiger partial charge in [-0.3, -0.25) is 25.2 Å². The Morgan fingerprint density at radius 1 is 0.971 bits per heavy atom. The Bertz CT molecular complexity index is 1380. The molecular formula is C24H23N3O7S. The van der Waals surface area contributed by atoms with Crippen LogP contribution < -0.4 is 29.8 Å². The zero-order valence-corrected chi connectivity index (χ0v) is 19.7. The molecule has 35 heavy (non-hydrogen) atoms. The second-order valence-electron chi connectivity index (χ2n) is 7.59. The smallest absolute Gasteiger partial charge is 0.283 e. The molecule has 3 aromatic rings. The number of carbonyl (C=O) groups is 2. The molecule has 0 fully saturated rings. The fourth-order valence-electron chi connectivity index (χ4n) is 3.38. The minimum absolute atomic E-state index is 0.0275. The molecule has 0 aliphatic carbocycles. The summed E-state index contributed by atoms with van der Waals surface area (Å²) in [7, 11) is -2.61. The van der Waals surface area contributed by atoms with Crippen molar-refractivity contribution in [1.29, 1.82) is 0 Å². The van der Waals surface area contributed by atoms with Gasteiger partial charge in [0.25, 0.3) is 21.8 Å². The topological polar surface area (TPSA) is 132 Å². The van der Waals surface area contributed by atoms with Crippen molar-refractivity contribution in [2.75, 3.05) is 18.4 Å². The molecule has 0 bridgehead atoms. The van der Waals surface area contributed by atoms with Crippen LogP contribution in [0.4, 0.5) is 5.69 Å². The number of rotatable bonds is 6. The van der Waals surface area contributed by atoms with Crippen molar-refractivity contribution in [3.05, 3.63) is 77.9 Å². The van der Waals surface area contributed by atoms with Gasteiger partial charge >= 0.3 is 0 Å². The SMILES string of the molecule is COc1ccccc1NS(=O)(=O)c1cc(C(=O)NNC(=O)[C@@H]2COc3ccccc3O2)ccc1C. The number of hydrogen-bond acceptors (Lipinski definition) is 7. The van der Waals surface area contributed by atoms with Gasteiger partial charge in [0.15, 0.2) is 11.5 Å². The molecular weight excluding hydrogens is 474 g/mol. The van der Waals surface area contributed by atoms with Crippen molar-refractivity contribution < 1.29 is 32.2 Å². The Labute approximate surface area is 202 Å². The lowest BCUT2D eigenvalue weighted by Crippen LogP contribution is -2.50. The summed E-state index contributed by atoms with van der Waals surface area (Å²) in [6.45, 7) is 1.58. The third kappa shape index (κ3) is 5.30. The maximum absolute atomic E-state index is 13.0. The highest BCUT2D eigenvalue weighted by atomic mass is 32.2. The van der Waals surface area contributed by atoms with Crippen LogP contribution in [0.25, 0.3) is 0 Å². The molecule has 1 atom stereocenters. The van der Waals surface area contributed by atoms with Crippen LogP contribution in [0.3, 0.4) is 0 Å². The molecule has 0 radical (unpaired) electrons. The molecule has 182 valence electrons.